The minimum absolute atomic E-state index is 0.199. The Kier molecular flexibility index (Phi) is 8.20. The molecule has 0 aliphatic heterocycles. The normalized spacial score (nSPS) is 13.7. The van der Waals surface area contributed by atoms with Gasteiger partial charge in [-0.05, 0) is 46.1 Å². The van der Waals surface area contributed by atoms with Gasteiger partial charge in [0.05, 0.1) is 18.1 Å². The van der Waals surface area contributed by atoms with Crippen LogP contribution in [0.1, 0.15) is 47.5 Å². The van der Waals surface area contributed by atoms with Crippen LogP contribution in [0.4, 0.5) is 0 Å². The van der Waals surface area contributed by atoms with E-state index >= 15 is 0 Å². The summed E-state index contributed by atoms with van der Waals surface area (Å²) >= 11 is 0. The molecule has 1 atom stereocenters. The summed E-state index contributed by atoms with van der Waals surface area (Å²) in [6.07, 6.45) is 1.98. The first-order valence-electron chi connectivity index (χ1n) is 6.65. The van der Waals surface area contributed by atoms with E-state index in [1.165, 1.54) is 0 Å². The molecule has 0 amide bonds. The number of hydrogen-bond donors (Lipinski definition) is 1. The number of ether oxygens (including phenoxy) is 1. The third kappa shape index (κ3) is 8.18. The quantitative estimate of drug-likeness (QED) is 0.630. The van der Waals surface area contributed by atoms with Gasteiger partial charge in [-0.3, -0.25) is 0 Å². The largest absolute Gasteiger partial charge is 0.380 e. The van der Waals surface area contributed by atoms with E-state index in [0.29, 0.717) is 12.0 Å². The van der Waals surface area contributed by atoms with Crippen molar-refractivity contribution in [3.63, 3.8) is 0 Å². The Morgan fingerprint density at radius 2 is 2.00 bits per heavy atom. The Bertz CT molecular complexity index is 231. The van der Waals surface area contributed by atoms with Crippen LogP contribution in [0.5, 0.6) is 0 Å². The van der Waals surface area contributed by atoms with Crippen LogP contribution in [0.25, 0.3) is 0 Å². The first-order valence-corrected chi connectivity index (χ1v) is 6.65. The Balaban J connectivity index is 3.80. The molecule has 1 unspecified atom stereocenters. The molecule has 0 aliphatic rings. The molecule has 0 aromatic rings. The van der Waals surface area contributed by atoms with Crippen LogP contribution in [0, 0.1) is 22.7 Å². The third-order valence-electron chi connectivity index (χ3n) is 2.99. The average molecular weight is 240 g/mol. The van der Waals surface area contributed by atoms with Crippen LogP contribution in [0.3, 0.4) is 0 Å². The van der Waals surface area contributed by atoms with Crippen molar-refractivity contribution < 1.29 is 4.74 Å². The van der Waals surface area contributed by atoms with Crippen molar-refractivity contribution in [1.82, 2.24) is 5.32 Å². The van der Waals surface area contributed by atoms with E-state index in [9.17, 15) is 0 Å². The second-order valence-electron chi connectivity index (χ2n) is 5.56. The predicted molar refractivity (Wildman–Crippen MR) is 71.7 cm³/mol. The SMILES string of the molecule is CCOCC(NCCCC(C)(C)C#N)C(C)C. The molecule has 0 saturated carbocycles. The summed E-state index contributed by atoms with van der Waals surface area (Å²) in [6.45, 7) is 12.9. The molecule has 0 saturated heterocycles. The summed E-state index contributed by atoms with van der Waals surface area (Å²) in [5, 5.41) is 12.4. The van der Waals surface area contributed by atoms with Gasteiger partial charge in [0.1, 0.15) is 0 Å². The molecule has 0 heterocycles. The van der Waals surface area contributed by atoms with E-state index in [1.807, 2.05) is 20.8 Å². The van der Waals surface area contributed by atoms with Gasteiger partial charge in [0, 0.05) is 12.6 Å². The number of nitriles is 1. The minimum Gasteiger partial charge on any atom is -0.380 e. The van der Waals surface area contributed by atoms with Crippen LogP contribution in [0.15, 0.2) is 0 Å². The van der Waals surface area contributed by atoms with E-state index in [1.54, 1.807) is 0 Å². The van der Waals surface area contributed by atoms with Gasteiger partial charge < -0.3 is 10.1 Å². The number of rotatable bonds is 9. The van der Waals surface area contributed by atoms with Gasteiger partial charge in [0.2, 0.25) is 0 Å². The molecule has 0 aromatic heterocycles. The van der Waals surface area contributed by atoms with Crippen LogP contribution in [0.2, 0.25) is 0 Å². The van der Waals surface area contributed by atoms with E-state index in [2.05, 4.69) is 25.2 Å². The summed E-state index contributed by atoms with van der Waals surface area (Å²) in [7, 11) is 0. The Morgan fingerprint density at radius 3 is 2.47 bits per heavy atom. The Hall–Kier alpha value is -0.590. The van der Waals surface area contributed by atoms with Crippen molar-refractivity contribution >= 4 is 0 Å². The van der Waals surface area contributed by atoms with Crippen molar-refractivity contribution in [1.29, 1.82) is 5.26 Å². The van der Waals surface area contributed by atoms with Gasteiger partial charge in [-0.25, -0.2) is 0 Å². The molecule has 0 aromatic carbocycles. The smallest absolute Gasteiger partial charge is 0.0683 e. The maximum Gasteiger partial charge on any atom is 0.0683 e. The van der Waals surface area contributed by atoms with E-state index < -0.39 is 0 Å². The lowest BCUT2D eigenvalue weighted by molar-refractivity contribution is 0.108. The fraction of sp³-hybridized carbons (Fsp3) is 0.929. The maximum absolute atomic E-state index is 8.92. The topological polar surface area (TPSA) is 45.0 Å². The second kappa shape index (κ2) is 8.49. The van der Waals surface area contributed by atoms with E-state index in [-0.39, 0.29) is 5.41 Å². The number of hydrogen-bond acceptors (Lipinski definition) is 3. The highest BCUT2D eigenvalue weighted by molar-refractivity contribution is 4.91. The van der Waals surface area contributed by atoms with E-state index in [4.69, 9.17) is 10.00 Å². The van der Waals surface area contributed by atoms with Crippen LogP contribution in [-0.2, 0) is 4.74 Å². The molecule has 0 radical (unpaired) electrons. The second-order valence-corrected chi connectivity index (χ2v) is 5.56. The van der Waals surface area contributed by atoms with Crippen molar-refractivity contribution in [3.8, 4) is 6.07 Å². The van der Waals surface area contributed by atoms with Crippen molar-refractivity contribution in [3.05, 3.63) is 0 Å². The summed E-state index contributed by atoms with van der Waals surface area (Å²) < 4.78 is 5.46. The number of nitrogens with zero attached hydrogens (tertiary/aromatic N) is 1. The van der Waals surface area contributed by atoms with Gasteiger partial charge in [-0.15, -0.1) is 0 Å². The molecule has 1 N–H and O–H groups in total. The molecule has 0 bridgehead atoms. The minimum atomic E-state index is -0.199. The third-order valence-corrected chi connectivity index (χ3v) is 2.99. The molecule has 17 heavy (non-hydrogen) atoms. The van der Waals surface area contributed by atoms with Crippen LogP contribution >= 0.6 is 0 Å². The summed E-state index contributed by atoms with van der Waals surface area (Å²) in [5.74, 6) is 0.575. The van der Waals surface area contributed by atoms with Crippen LogP contribution < -0.4 is 5.32 Å². The molecule has 100 valence electrons. The monoisotopic (exact) mass is 240 g/mol. The standard InChI is InChI=1S/C14H28N2O/c1-6-17-10-13(12(2)3)16-9-7-8-14(4,5)11-15/h12-13,16H,6-10H2,1-5H3. The molecular weight excluding hydrogens is 212 g/mol. The molecule has 3 heteroatoms. The molecule has 0 fully saturated rings. The lowest BCUT2D eigenvalue weighted by atomic mass is 9.90. The Labute approximate surface area is 107 Å². The average Bonchev–Trinajstić information content (AvgIpc) is 2.27. The fourth-order valence-corrected chi connectivity index (χ4v) is 1.61. The first-order chi connectivity index (χ1) is 7.93. The predicted octanol–water partition coefficient (Wildman–Crippen LogP) is 2.97. The van der Waals surface area contributed by atoms with Crippen LogP contribution in [-0.4, -0.2) is 25.8 Å². The van der Waals surface area contributed by atoms with Gasteiger partial charge in [-0.1, -0.05) is 13.8 Å². The summed E-state index contributed by atoms with van der Waals surface area (Å²) in [6, 6.07) is 2.75. The molecule has 0 spiro atoms. The van der Waals surface area contributed by atoms with Gasteiger partial charge >= 0.3 is 0 Å². The highest BCUT2D eigenvalue weighted by Gasteiger charge is 2.17. The lowest BCUT2D eigenvalue weighted by Crippen LogP contribution is -2.38. The van der Waals surface area contributed by atoms with Crippen molar-refractivity contribution in [2.24, 2.45) is 11.3 Å². The maximum atomic E-state index is 8.92. The zero-order chi connectivity index (χ0) is 13.3. The summed E-state index contributed by atoms with van der Waals surface area (Å²) in [4.78, 5) is 0. The number of nitrogens with one attached hydrogen (secondary N) is 1. The highest BCUT2D eigenvalue weighted by Crippen LogP contribution is 2.20. The molecule has 3 nitrogen and oxygen atoms in total. The zero-order valence-corrected chi connectivity index (χ0v) is 12.0. The van der Waals surface area contributed by atoms with Gasteiger partial charge in [-0.2, -0.15) is 5.26 Å². The summed E-state index contributed by atoms with van der Waals surface area (Å²) in [5.41, 5.74) is -0.199. The van der Waals surface area contributed by atoms with Gasteiger partial charge in [0.25, 0.3) is 0 Å². The highest BCUT2D eigenvalue weighted by atomic mass is 16.5. The van der Waals surface area contributed by atoms with Crippen molar-refractivity contribution in [2.75, 3.05) is 19.8 Å². The van der Waals surface area contributed by atoms with Crippen molar-refractivity contribution in [2.45, 2.75) is 53.5 Å². The Morgan fingerprint density at radius 1 is 1.35 bits per heavy atom. The van der Waals surface area contributed by atoms with E-state index in [0.717, 1.165) is 32.6 Å². The molecule has 0 rings (SSSR count). The van der Waals surface area contributed by atoms with Gasteiger partial charge in [0.15, 0.2) is 0 Å². The fourth-order valence-electron chi connectivity index (χ4n) is 1.61. The first kappa shape index (κ1) is 16.4. The lowest BCUT2D eigenvalue weighted by Gasteiger charge is -2.23. The molecular formula is C14H28N2O. The zero-order valence-electron chi connectivity index (χ0n) is 12.0. The molecule has 0 aliphatic carbocycles.